The Hall–Kier alpha value is -8.20. The molecule has 2 nitrogen and oxygen atoms in total. The van der Waals surface area contributed by atoms with Crippen LogP contribution in [0, 0.1) is 0 Å². The van der Waals surface area contributed by atoms with Gasteiger partial charge < -0.3 is 9.32 Å². The molecule has 12 rings (SSSR count). The summed E-state index contributed by atoms with van der Waals surface area (Å²) in [7, 11) is 0. The first-order chi connectivity index (χ1) is 30.7. The maximum absolute atomic E-state index is 7.02. The van der Waals surface area contributed by atoms with Gasteiger partial charge >= 0.3 is 0 Å². The normalized spacial score (nSPS) is 11.5. The maximum atomic E-state index is 7.02. The van der Waals surface area contributed by atoms with Gasteiger partial charge in [-0.1, -0.05) is 182 Å². The molecule has 62 heavy (non-hydrogen) atoms. The van der Waals surface area contributed by atoms with Crippen LogP contribution in [-0.2, 0) is 0 Å². The van der Waals surface area contributed by atoms with Crippen LogP contribution in [-0.4, -0.2) is 0 Å². The quantitative estimate of drug-likeness (QED) is 0.150. The Kier molecular flexibility index (Phi) is 8.53. The average Bonchev–Trinajstić information content (AvgIpc) is 3.74. The highest BCUT2D eigenvalue weighted by atomic mass is 16.3. The van der Waals surface area contributed by atoms with Crippen molar-refractivity contribution < 1.29 is 4.42 Å². The van der Waals surface area contributed by atoms with Crippen molar-refractivity contribution in [3.05, 3.63) is 237 Å². The Morgan fingerprint density at radius 2 is 0.839 bits per heavy atom. The van der Waals surface area contributed by atoms with Crippen LogP contribution < -0.4 is 4.90 Å². The summed E-state index contributed by atoms with van der Waals surface area (Å²) in [6.07, 6.45) is 0. The molecule has 0 aliphatic carbocycles. The number of hydrogen-bond acceptors (Lipinski definition) is 2. The van der Waals surface area contributed by atoms with Crippen molar-refractivity contribution in [1.82, 2.24) is 0 Å². The van der Waals surface area contributed by atoms with Crippen molar-refractivity contribution in [2.24, 2.45) is 0 Å². The van der Waals surface area contributed by atoms with Crippen LogP contribution in [0.4, 0.5) is 17.1 Å². The van der Waals surface area contributed by atoms with Gasteiger partial charge in [0.2, 0.25) is 0 Å². The number of hydrogen-bond donors (Lipinski definition) is 0. The molecule has 0 radical (unpaired) electrons. The molecule has 1 aromatic heterocycles. The third-order valence-electron chi connectivity index (χ3n) is 12.4. The van der Waals surface area contributed by atoms with Gasteiger partial charge in [0.15, 0.2) is 0 Å². The summed E-state index contributed by atoms with van der Waals surface area (Å²) < 4.78 is 7.02. The lowest BCUT2D eigenvalue weighted by Crippen LogP contribution is -2.11. The minimum absolute atomic E-state index is 0.859. The van der Waals surface area contributed by atoms with Crippen molar-refractivity contribution >= 4 is 71.3 Å². The van der Waals surface area contributed by atoms with Crippen LogP contribution in [0.15, 0.2) is 241 Å². The van der Waals surface area contributed by atoms with Gasteiger partial charge in [0.05, 0.1) is 11.1 Å². The van der Waals surface area contributed by atoms with E-state index in [0.29, 0.717) is 0 Å². The van der Waals surface area contributed by atoms with Crippen LogP contribution in [0.25, 0.3) is 98.8 Å². The molecule has 0 aliphatic heterocycles. The van der Waals surface area contributed by atoms with Crippen LogP contribution in [0.1, 0.15) is 0 Å². The molecule has 12 aromatic rings. The van der Waals surface area contributed by atoms with E-state index in [2.05, 4.69) is 241 Å². The van der Waals surface area contributed by atoms with Gasteiger partial charge in [-0.05, 0) is 126 Å². The van der Waals surface area contributed by atoms with E-state index < -0.39 is 0 Å². The monoisotopic (exact) mass is 789 g/mol. The summed E-state index contributed by atoms with van der Waals surface area (Å²) >= 11 is 0. The number of rotatable bonds is 7. The smallest absolute Gasteiger partial charge is 0.145 e. The lowest BCUT2D eigenvalue weighted by molar-refractivity contribution is 0.670. The molecule has 0 N–H and O–H groups in total. The second kappa shape index (κ2) is 14.8. The highest BCUT2D eigenvalue weighted by Gasteiger charge is 2.24. The van der Waals surface area contributed by atoms with Crippen molar-refractivity contribution in [3.63, 3.8) is 0 Å². The largest absolute Gasteiger partial charge is 0.455 e. The van der Waals surface area contributed by atoms with Crippen LogP contribution in [0.5, 0.6) is 0 Å². The predicted molar refractivity (Wildman–Crippen MR) is 263 cm³/mol. The molecule has 0 unspecified atom stereocenters. The van der Waals surface area contributed by atoms with Gasteiger partial charge in [0, 0.05) is 22.3 Å². The van der Waals surface area contributed by atoms with E-state index in [9.17, 15) is 0 Å². The average molecular weight is 790 g/mol. The fraction of sp³-hybridized carbons (Fsp3) is 0. The zero-order valence-corrected chi connectivity index (χ0v) is 33.9. The van der Waals surface area contributed by atoms with Crippen molar-refractivity contribution in [2.75, 3.05) is 4.90 Å². The highest BCUT2D eigenvalue weighted by Crippen LogP contribution is 2.48. The lowest BCUT2D eigenvalue weighted by atomic mass is 9.92. The van der Waals surface area contributed by atoms with Crippen molar-refractivity contribution in [3.8, 4) is 44.5 Å². The third kappa shape index (κ3) is 6.04. The van der Waals surface area contributed by atoms with Gasteiger partial charge in [-0.3, -0.25) is 0 Å². The minimum Gasteiger partial charge on any atom is -0.455 e. The Morgan fingerprint density at radius 3 is 1.65 bits per heavy atom. The number of nitrogens with zero attached hydrogens (tertiary/aromatic N) is 1. The minimum atomic E-state index is 0.859. The molecule has 0 bridgehead atoms. The molecule has 1 heterocycles. The van der Waals surface area contributed by atoms with Crippen molar-refractivity contribution in [1.29, 1.82) is 0 Å². The van der Waals surface area contributed by atoms with Gasteiger partial charge in [0.1, 0.15) is 11.2 Å². The summed E-state index contributed by atoms with van der Waals surface area (Å²) in [6.45, 7) is 0. The second-order valence-electron chi connectivity index (χ2n) is 16.0. The topological polar surface area (TPSA) is 16.4 Å². The fourth-order valence-electron chi connectivity index (χ4n) is 9.54. The standard InChI is InChI=1S/C60H39NO/c1-2-16-40(17-3-1)42-21-12-22-43(36-42)44-23-13-25-47(37-44)61(48-26-14-24-45(38-48)50-32-15-20-41-18-4-6-27-49(41)50)57-35-34-54(60-59(57)55-31-10-11-33-58(55)62-60)56-39-46-19-5-7-28-51(46)52-29-8-9-30-53(52)56/h1-39H. The SMILES string of the molecule is c1ccc(-c2cccc(-c3cccc(N(c4cccc(-c5cccc6ccccc56)c4)c4ccc(-c5cc6ccccc6c6ccccc56)c5oc6ccccc6c45)c3)c2)cc1. The number of para-hydroxylation sites is 1. The summed E-state index contributed by atoms with van der Waals surface area (Å²) in [5.74, 6) is 0. The molecule has 0 amide bonds. The predicted octanol–water partition coefficient (Wildman–Crippen LogP) is 17.2. The van der Waals surface area contributed by atoms with Crippen LogP contribution in [0.3, 0.4) is 0 Å². The number of furan rings is 1. The highest BCUT2D eigenvalue weighted by molar-refractivity contribution is 6.21. The Balaban J connectivity index is 1.11. The van der Waals surface area contributed by atoms with Gasteiger partial charge in [-0.15, -0.1) is 0 Å². The van der Waals surface area contributed by atoms with E-state index in [1.54, 1.807) is 0 Å². The molecule has 0 saturated heterocycles. The number of anilines is 3. The summed E-state index contributed by atoms with van der Waals surface area (Å²) in [5, 5.41) is 9.48. The van der Waals surface area contributed by atoms with E-state index in [0.717, 1.165) is 66.8 Å². The first kappa shape index (κ1) is 35.7. The van der Waals surface area contributed by atoms with Crippen LogP contribution in [0.2, 0.25) is 0 Å². The van der Waals surface area contributed by atoms with Crippen molar-refractivity contribution in [2.45, 2.75) is 0 Å². The lowest BCUT2D eigenvalue weighted by Gasteiger charge is -2.28. The molecule has 0 saturated carbocycles. The summed E-state index contributed by atoms with van der Waals surface area (Å²) in [4.78, 5) is 2.42. The van der Waals surface area contributed by atoms with E-state index in [1.165, 1.54) is 49.0 Å². The van der Waals surface area contributed by atoms with Gasteiger partial charge in [-0.2, -0.15) is 0 Å². The third-order valence-corrected chi connectivity index (χ3v) is 12.4. The molecular formula is C60H39NO. The number of fused-ring (bicyclic) bond motifs is 7. The molecule has 0 aliphatic rings. The zero-order valence-electron chi connectivity index (χ0n) is 33.9. The molecule has 11 aromatic carbocycles. The van der Waals surface area contributed by atoms with Crippen LogP contribution >= 0.6 is 0 Å². The first-order valence-electron chi connectivity index (χ1n) is 21.2. The second-order valence-corrected chi connectivity index (χ2v) is 16.0. The summed E-state index contributed by atoms with van der Waals surface area (Å²) in [6, 6.07) is 85.4. The molecule has 290 valence electrons. The van der Waals surface area contributed by atoms with E-state index in [4.69, 9.17) is 4.42 Å². The van der Waals surface area contributed by atoms with Gasteiger partial charge in [0.25, 0.3) is 0 Å². The Bertz CT molecular complexity index is 3650. The van der Waals surface area contributed by atoms with E-state index >= 15 is 0 Å². The maximum Gasteiger partial charge on any atom is 0.145 e. The molecule has 0 spiro atoms. The summed E-state index contributed by atoms with van der Waals surface area (Å²) in [5.41, 5.74) is 14.2. The molecule has 0 fully saturated rings. The first-order valence-corrected chi connectivity index (χ1v) is 21.2. The molecule has 0 atom stereocenters. The van der Waals surface area contributed by atoms with E-state index in [-0.39, 0.29) is 0 Å². The molecular weight excluding hydrogens is 751 g/mol. The molecule has 2 heteroatoms. The zero-order chi connectivity index (χ0) is 41.0. The van der Waals surface area contributed by atoms with Gasteiger partial charge in [-0.25, -0.2) is 0 Å². The Morgan fingerprint density at radius 1 is 0.290 bits per heavy atom. The Labute approximate surface area is 360 Å². The van der Waals surface area contributed by atoms with E-state index in [1.807, 2.05) is 0 Å². The number of benzene rings is 11. The fourth-order valence-corrected chi connectivity index (χ4v) is 9.54.